The molecule has 42 heavy (non-hydrogen) atoms. The predicted molar refractivity (Wildman–Crippen MR) is 153 cm³/mol. The first-order valence-corrected chi connectivity index (χ1v) is 15.3. The fourth-order valence-corrected chi connectivity index (χ4v) is 8.99. The lowest BCUT2D eigenvalue weighted by molar-refractivity contribution is -0.153. The molecule has 0 N–H and O–H groups in total. The summed E-state index contributed by atoms with van der Waals surface area (Å²) in [4.78, 5) is 34.7. The first-order valence-electron chi connectivity index (χ1n) is 13.3. The smallest absolute Gasteiger partial charge is 0.387 e. The van der Waals surface area contributed by atoms with E-state index in [9.17, 15) is 22.6 Å². The summed E-state index contributed by atoms with van der Waals surface area (Å²) in [5, 5.41) is -0.827. The molecule has 3 heterocycles. The van der Waals surface area contributed by atoms with Crippen molar-refractivity contribution in [3.63, 3.8) is 0 Å². The molecular weight excluding hydrogens is 595 g/mol. The van der Waals surface area contributed by atoms with Crippen molar-refractivity contribution in [1.82, 2.24) is 4.98 Å². The molecule has 1 aromatic carbocycles. The number of rotatable bonds is 8. The highest BCUT2D eigenvalue weighted by atomic mass is 35.5. The van der Waals surface area contributed by atoms with Crippen molar-refractivity contribution >= 4 is 38.8 Å². The molecule has 0 saturated carbocycles. The molecule has 2 aromatic rings. The van der Waals surface area contributed by atoms with Crippen molar-refractivity contribution in [3.8, 4) is 5.75 Å². The summed E-state index contributed by atoms with van der Waals surface area (Å²) in [7, 11) is -3.02. The Morgan fingerprint density at radius 1 is 1.17 bits per heavy atom. The highest BCUT2D eigenvalue weighted by Crippen LogP contribution is 2.49. The predicted octanol–water partition coefficient (Wildman–Crippen LogP) is 6.32. The third kappa shape index (κ3) is 6.06. The number of nitrogens with zero attached hydrogens (tertiary/aromatic N) is 3. The second kappa shape index (κ2) is 11.3. The lowest BCUT2D eigenvalue weighted by Crippen LogP contribution is -2.56. The summed E-state index contributed by atoms with van der Waals surface area (Å²) >= 11 is 6.11. The van der Waals surface area contributed by atoms with E-state index in [-0.39, 0.29) is 34.9 Å². The Hall–Kier alpha value is -2.99. The van der Waals surface area contributed by atoms with E-state index in [1.807, 2.05) is 0 Å². The van der Waals surface area contributed by atoms with Gasteiger partial charge in [0.15, 0.2) is 5.78 Å². The second-order valence-electron chi connectivity index (χ2n) is 12.0. The molecule has 0 radical (unpaired) electrons. The van der Waals surface area contributed by atoms with Crippen molar-refractivity contribution in [1.29, 1.82) is 0 Å². The van der Waals surface area contributed by atoms with E-state index in [0.29, 0.717) is 24.2 Å². The molecular formula is C29H33ClF3N3O5S. The number of alkyl halides is 2. The zero-order valence-corrected chi connectivity index (χ0v) is 25.7. The van der Waals surface area contributed by atoms with Crippen LogP contribution >= 0.6 is 11.6 Å². The van der Waals surface area contributed by atoms with E-state index < -0.39 is 55.0 Å². The van der Waals surface area contributed by atoms with Crippen LogP contribution in [0.3, 0.4) is 0 Å². The van der Waals surface area contributed by atoms with Crippen molar-refractivity contribution < 1.29 is 36.4 Å². The molecule has 8 nitrogen and oxygen atoms in total. The molecule has 0 spiro atoms. The summed E-state index contributed by atoms with van der Waals surface area (Å²) in [6.07, 6.45) is 0.883. The average Bonchev–Trinajstić information content (AvgIpc) is 3.27. The van der Waals surface area contributed by atoms with Gasteiger partial charge in [-0.3, -0.25) is 14.6 Å². The zero-order valence-electron chi connectivity index (χ0n) is 24.2. The molecule has 0 amide bonds. The summed E-state index contributed by atoms with van der Waals surface area (Å²) in [6.45, 7) is 7.58. The standard InChI is InChI=1S/C29H33ClF3N3O5S/c1-27(2,3)41-24(38)14-22-28(4,5)42(39)23(9-10-35-42)29(6,36-22)18-11-16(7-8-20(18)31)12-21(37)25-19(30)13-17(15-34-25)40-26(32)33/h7-8,11,13,15,23,26H,9-10,12,14H2,1-6H3/t23-,29+,42+/m0/s1. The minimum atomic E-state index is -3.08. The first-order chi connectivity index (χ1) is 19.4. The van der Waals surface area contributed by atoms with E-state index in [0.717, 1.165) is 12.3 Å². The Kier molecular flexibility index (Phi) is 8.56. The van der Waals surface area contributed by atoms with Crippen LogP contribution in [0.1, 0.15) is 76.0 Å². The Morgan fingerprint density at radius 3 is 2.48 bits per heavy atom. The molecule has 1 aromatic heterocycles. The molecule has 0 saturated heterocycles. The highest BCUT2D eigenvalue weighted by molar-refractivity contribution is 7.96. The van der Waals surface area contributed by atoms with E-state index in [2.05, 4.69) is 14.1 Å². The van der Waals surface area contributed by atoms with Crippen LogP contribution in [0.4, 0.5) is 13.2 Å². The molecule has 2 aliphatic heterocycles. The maximum Gasteiger partial charge on any atom is 0.387 e. The molecule has 4 rings (SSSR count). The average molecular weight is 628 g/mol. The van der Waals surface area contributed by atoms with Gasteiger partial charge in [0, 0.05) is 30.3 Å². The van der Waals surface area contributed by atoms with Crippen LogP contribution in [-0.4, -0.2) is 55.4 Å². The third-order valence-corrected chi connectivity index (χ3v) is 11.5. The molecule has 0 unspecified atom stereocenters. The molecule has 228 valence electrons. The fourth-order valence-electron chi connectivity index (χ4n) is 5.45. The monoisotopic (exact) mass is 627 g/mol. The van der Waals surface area contributed by atoms with Gasteiger partial charge >= 0.3 is 12.6 Å². The molecule has 0 fully saturated rings. The molecule has 0 aliphatic carbocycles. The van der Waals surface area contributed by atoms with Crippen molar-refractivity contribution in [2.75, 3.05) is 6.54 Å². The number of aliphatic imine (C=N–C) groups is 1. The van der Waals surface area contributed by atoms with E-state index in [1.54, 1.807) is 41.5 Å². The van der Waals surface area contributed by atoms with Gasteiger partial charge in [-0.15, -0.1) is 0 Å². The SMILES string of the molecule is CC(C)(C)OC(=O)CC1=N[C@](C)(c2cc(CC(=O)c3ncc(OC(F)F)cc3Cl)ccc2F)[C@@H]2CCN=[S@]2(=O)C1(C)C. The number of aromatic nitrogens is 1. The number of carbonyl (C=O) groups excluding carboxylic acids is 2. The zero-order chi connectivity index (χ0) is 31.3. The van der Waals surface area contributed by atoms with Crippen LogP contribution in [0.15, 0.2) is 39.8 Å². The van der Waals surface area contributed by atoms with Crippen LogP contribution in [0, 0.1) is 5.82 Å². The van der Waals surface area contributed by atoms with Gasteiger partial charge in [-0.1, -0.05) is 17.7 Å². The van der Waals surface area contributed by atoms with Gasteiger partial charge in [-0.2, -0.15) is 8.78 Å². The van der Waals surface area contributed by atoms with Gasteiger partial charge < -0.3 is 9.47 Å². The summed E-state index contributed by atoms with van der Waals surface area (Å²) in [5.41, 5.74) is -1.46. The summed E-state index contributed by atoms with van der Waals surface area (Å²) in [5.74, 6) is -2.00. The number of ketones is 1. The number of fused-ring (bicyclic) bond motifs is 1. The molecule has 0 bridgehead atoms. The maximum absolute atomic E-state index is 15.6. The van der Waals surface area contributed by atoms with E-state index in [4.69, 9.17) is 21.3 Å². The van der Waals surface area contributed by atoms with Gasteiger partial charge in [0.05, 0.1) is 37.4 Å². The largest absolute Gasteiger partial charge is 0.460 e. The van der Waals surface area contributed by atoms with Gasteiger partial charge in [-0.05, 0) is 65.7 Å². The molecule has 13 heteroatoms. The number of benzene rings is 1. The highest BCUT2D eigenvalue weighted by Gasteiger charge is 2.57. The number of carbonyl (C=O) groups is 2. The number of halogens is 4. The summed E-state index contributed by atoms with van der Waals surface area (Å²) in [6, 6.07) is 5.18. The quantitative estimate of drug-likeness (QED) is 0.250. The normalized spacial score (nSPS) is 24.9. The lowest BCUT2D eigenvalue weighted by Gasteiger charge is -2.46. The number of ether oxygens (including phenoxy) is 2. The van der Waals surface area contributed by atoms with Crippen LogP contribution in [0.2, 0.25) is 5.02 Å². The lowest BCUT2D eigenvalue weighted by atomic mass is 9.84. The van der Waals surface area contributed by atoms with Crippen LogP contribution < -0.4 is 4.74 Å². The third-order valence-electron chi connectivity index (χ3n) is 7.46. The van der Waals surface area contributed by atoms with Crippen molar-refractivity contribution in [2.45, 2.75) is 88.6 Å². The van der Waals surface area contributed by atoms with E-state index >= 15 is 4.39 Å². The Labute approximate surface area is 248 Å². The second-order valence-corrected chi connectivity index (χ2v) is 15.4. The van der Waals surface area contributed by atoms with Crippen molar-refractivity contribution in [3.05, 3.63) is 58.1 Å². The van der Waals surface area contributed by atoms with Crippen LogP contribution in [0.5, 0.6) is 5.75 Å². The maximum atomic E-state index is 15.6. The topological polar surface area (TPSA) is 107 Å². The number of hydrogen-bond donors (Lipinski definition) is 0. The van der Waals surface area contributed by atoms with Crippen LogP contribution in [-0.2, 0) is 31.2 Å². The number of pyridine rings is 1. The number of Topliss-reactive ketones (excluding diaryl/α,β-unsaturated/α-hetero) is 1. The minimum absolute atomic E-state index is 0.111. The minimum Gasteiger partial charge on any atom is -0.460 e. The molecule has 2 aliphatic rings. The van der Waals surface area contributed by atoms with Gasteiger partial charge in [0.2, 0.25) is 0 Å². The Morgan fingerprint density at radius 2 is 1.86 bits per heavy atom. The van der Waals surface area contributed by atoms with Gasteiger partial charge in [-0.25, -0.2) is 17.9 Å². The summed E-state index contributed by atoms with van der Waals surface area (Å²) < 4.78 is 68.3. The van der Waals surface area contributed by atoms with Crippen molar-refractivity contribution in [2.24, 2.45) is 9.36 Å². The van der Waals surface area contributed by atoms with Crippen LogP contribution in [0.25, 0.3) is 0 Å². The fraction of sp³-hybridized carbons (Fsp3) is 0.517. The molecule has 3 atom stereocenters. The first kappa shape index (κ1) is 31.9. The Balaban J connectivity index is 1.73. The number of hydrogen-bond acceptors (Lipinski definition) is 8. The van der Waals surface area contributed by atoms with Gasteiger partial charge in [0.1, 0.15) is 28.4 Å². The van der Waals surface area contributed by atoms with E-state index in [1.165, 1.54) is 18.2 Å². The number of esters is 1. The Bertz CT molecular complexity index is 1580. The van der Waals surface area contributed by atoms with Gasteiger partial charge in [0.25, 0.3) is 0 Å².